The van der Waals surface area contributed by atoms with Gasteiger partial charge in [0.2, 0.25) is 0 Å². The molecule has 3 heteroatoms. The Morgan fingerprint density at radius 1 is 1.39 bits per heavy atom. The van der Waals surface area contributed by atoms with Crippen molar-refractivity contribution >= 4 is 12.3 Å². The molecule has 0 saturated heterocycles. The van der Waals surface area contributed by atoms with Crippen molar-refractivity contribution in [3.8, 4) is 0 Å². The van der Waals surface area contributed by atoms with Crippen molar-refractivity contribution in [3.05, 3.63) is 34.9 Å². The average molecular weight is 248 g/mol. The van der Waals surface area contributed by atoms with Crippen LogP contribution < -0.4 is 0 Å². The Morgan fingerprint density at radius 2 is 2.06 bits per heavy atom. The molecule has 0 fully saturated rings. The summed E-state index contributed by atoms with van der Waals surface area (Å²) in [5.74, 6) is -1.08. The lowest BCUT2D eigenvalue weighted by atomic mass is 9.72. The first-order valence-electron chi connectivity index (χ1n) is 6.15. The Labute approximate surface area is 108 Å². The standard InChI is InChI=1S/C15H20O3/c1-11-5-4-9-15(2,3)13(11)7-6-12(8-10-16)14(17)18/h6-8,10H,4-5,9H2,1-3H3,(H,17,18)/b7-6+,12-8+. The number of hydrogen-bond donors (Lipinski definition) is 1. The number of aliphatic carboxylic acids is 1. The van der Waals surface area contributed by atoms with Gasteiger partial charge in [0.15, 0.2) is 0 Å². The largest absolute Gasteiger partial charge is 0.478 e. The van der Waals surface area contributed by atoms with E-state index >= 15 is 0 Å². The molecule has 0 aromatic carbocycles. The fourth-order valence-electron chi connectivity index (χ4n) is 2.45. The zero-order valence-corrected chi connectivity index (χ0v) is 11.2. The first-order chi connectivity index (χ1) is 8.38. The van der Waals surface area contributed by atoms with Gasteiger partial charge in [0, 0.05) is 0 Å². The van der Waals surface area contributed by atoms with Crippen LogP contribution in [0.25, 0.3) is 0 Å². The summed E-state index contributed by atoms with van der Waals surface area (Å²) in [6.07, 6.45) is 8.27. The van der Waals surface area contributed by atoms with Gasteiger partial charge in [-0.05, 0) is 49.3 Å². The van der Waals surface area contributed by atoms with Crippen LogP contribution in [0.4, 0.5) is 0 Å². The van der Waals surface area contributed by atoms with Crippen LogP contribution in [0.15, 0.2) is 34.9 Å². The van der Waals surface area contributed by atoms with Gasteiger partial charge in [-0.1, -0.05) is 25.5 Å². The quantitative estimate of drug-likeness (QED) is 0.472. The van der Waals surface area contributed by atoms with Crippen LogP contribution in [0, 0.1) is 5.41 Å². The third-order valence-corrected chi connectivity index (χ3v) is 3.47. The third-order valence-electron chi connectivity index (χ3n) is 3.47. The van der Waals surface area contributed by atoms with Gasteiger partial charge in [-0.25, -0.2) is 4.79 Å². The minimum Gasteiger partial charge on any atom is -0.478 e. The zero-order chi connectivity index (χ0) is 13.8. The van der Waals surface area contributed by atoms with Crippen LogP contribution in [0.3, 0.4) is 0 Å². The molecule has 0 saturated carbocycles. The van der Waals surface area contributed by atoms with Gasteiger partial charge in [0.1, 0.15) is 6.29 Å². The maximum Gasteiger partial charge on any atom is 0.335 e. The predicted molar refractivity (Wildman–Crippen MR) is 71.3 cm³/mol. The lowest BCUT2D eigenvalue weighted by molar-refractivity contribution is -0.132. The van der Waals surface area contributed by atoms with E-state index in [9.17, 15) is 9.59 Å². The molecule has 0 aromatic heterocycles. The Morgan fingerprint density at radius 3 is 2.56 bits per heavy atom. The average Bonchev–Trinajstić information content (AvgIpc) is 2.25. The minimum atomic E-state index is -1.08. The van der Waals surface area contributed by atoms with Crippen molar-refractivity contribution in [2.24, 2.45) is 5.41 Å². The second-order valence-corrected chi connectivity index (χ2v) is 5.33. The number of rotatable bonds is 4. The van der Waals surface area contributed by atoms with Crippen molar-refractivity contribution in [2.45, 2.75) is 40.0 Å². The lowest BCUT2D eigenvalue weighted by Gasteiger charge is -2.32. The minimum absolute atomic E-state index is 0.0201. The highest BCUT2D eigenvalue weighted by molar-refractivity contribution is 5.94. The van der Waals surface area contributed by atoms with Gasteiger partial charge in [-0.15, -0.1) is 0 Å². The summed E-state index contributed by atoms with van der Waals surface area (Å²) in [4.78, 5) is 21.3. The smallest absolute Gasteiger partial charge is 0.335 e. The van der Waals surface area contributed by atoms with E-state index in [1.165, 1.54) is 23.6 Å². The maximum atomic E-state index is 10.9. The summed E-state index contributed by atoms with van der Waals surface area (Å²) in [6.45, 7) is 6.42. The molecule has 0 amide bonds. The summed E-state index contributed by atoms with van der Waals surface area (Å²) < 4.78 is 0. The molecule has 1 aliphatic carbocycles. The summed E-state index contributed by atoms with van der Waals surface area (Å²) in [5, 5.41) is 8.94. The molecular formula is C15H20O3. The van der Waals surface area contributed by atoms with Crippen molar-refractivity contribution < 1.29 is 14.7 Å². The number of carboxylic acids is 1. The maximum absolute atomic E-state index is 10.9. The Bertz CT molecular complexity index is 437. The molecule has 18 heavy (non-hydrogen) atoms. The van der Waals surface area contributed by atoms with Crippen molar-refractivity contribution in [2.75, 3.05) is 0 Å². The second kappa shape index (κ2) is 5.80. The molecule has 1 aliphatic rings. The Hall–Kier alpha value is -1.64. The molecule has 0 unspecified atom stereocenters. The molecule has 0 bridgehead atoms. The van der Waals surface area contributed by atoms with E-state index in [1.807, 2.05) is 6.08 Å². The van der Waals surface area contributed by atoms with Crippen LogP contribution in [0.5, 0.6) is 0 Å². The molecule has 3 nitrogen and oxygen atoms in total. The monoisotopic (exact) mass is 248 g/mol. The predicted octanol–water partition coefficient (Wildman–Crippen LogP) is 3.28. The van der Waals surface area contributed by atoms with Crippen molar-refractivity contribution in [1.29, 1.82) is 0 Å². The normalized spacial score (nSPS) is 20.3. The number of carbonyl (C=O) groups excluding carboxylic acids is 1. The van der Waals surface area contributed by atoms with Gasteiger partial charge in [0.25, 0.3) is 0 Å². The summed E-state index contributed by atoms with van der Waals surface area (Å²) in [5.41, 5.74) is 2.58. The lowest BCUT2D eigenvalue weighted by Crippen LogP contribution is -2.19. The summed E-state index contributed by atoms with van der Waals surface area (Å²) in [6, 6.07) is 0. The van der Waals surface area contributed by atoms with Gasteiger partial charge in [-0.3, -0.25) is 4.79 Å². The molecule has 98 valence electrons. The fraction of sp³-hybridized carbons (Fsp3) is 0.467. The van der Waals surface area contributed by atoms with E-state index in [2.05, 4.69) is 20.8 Å². The second-order valence-electron chi connectivity index (χ2n) is 5.33. The van der Waals surface area contributed by atoms with E-state index in [1.54, 1.807) is 0 Å². The van der Waals surface area contributed by atoms with Crippen LogP contribution >= 0.6 is 0 Å². The number of allylic oxidation sites excluding steroid dienone is 4. The van der Waals surface area contributed by atoms with Crippen LogP contribution in [-0.2, 0) is 9.59 Å². The van der Waals surface area contributed by atoms with E-state index in [4.69, 9.17) is 5.11 Å². The summed E-state index contributed by atoms with van der Waals surface area (Å²) in [7, 11) is 0. The third kappa shape index (κ3) is 3.42. The molecule has 0 atom stereocenters. The summed E-state index contributed by atoms with van der Waals surface area (Å²) >= 11 is 0. The van der Waals surface area contributed by atoms with Gasteiger partial charge in [0.05, 0.1) is 5.57 Å². The molecule has 0 heterocycles. The highest BCUT2D eigenvalue weighted by Crippen LogP contribution is 2.40. The molecule has 0 radical (unpaired) electrons. The van der Waals surface area contributed by atoms with E-state index in [0.29, 0.717) is 6.29 Å². The zero-order valence-electron chi connectivity index (χ0n) is 11.2. The van der Waals surface area contributed by atoms with Crippen LogP contribution in [0.1, 0.15) is 40.0 Å². The first-order valence-corrected chi connectivity index (χ1v) is 6.15. The van der Waals surface area contributed by atoms with Crippen molar-refractivity contribution in [3.63, 3.8) is 0 Å². The topological polar surface area (TPSA) is 54.4 Å². The van der Waals surface area contributed by atoms with E-state index in [0.717, 1.165) is 18.9 Å². The number of carboxylic acid groups (broad SMARTS) is 1. The molecule has 0 spiro atoms. The van der Waals surface area contributed by atoms with Gasteiger partial charge in [-0.2, -0.15) is 0 Å². The molecular weight excluding hydrogens is 228 g/mol. The number of aldehydes is 1. The van der Waals surface area contributed by atoms with E-state index in [-0.39, 0.29) is 11.0 Å². The first kappa shape index (κ1) is 14.4. The molecule has 0 aliphatic heterocycles. The Kier molecular flexibility index (Phi) is 4.65. The highest BCUT2D eigenvalue weighted by Gasteiger charge is 2.26. The molecule has 1 N–H and O–H groups in total. The molecule has 0 aromatic rings. The van der Waals surface area contributed by atoms with Crippen LogP contribution in [-0.4, -0.2) is 17.4 Å². The van der Waals surface area contributed by atoms with Crippen LogP contribution in [0.2, 0.25) is 0 Å². The Balaban J connectivity index is 3.04. The van der Waals surface area contributed by atoms with Crippen molar-refractivity contribution in [1.82, 2.24) is 0 Å². The van der Waals surface area contributed by atoms with E-state index < -0.39 is 5.97 Å². The molecule has 1 rings (SSSR count). The fourth-order valence-corrected chi connectivity index (χ4v) is 2.45. The van der Waals surface area contributed by atoms with Gasteiger partial charge < -0.3 is 5.11 Å². The SMILES string of the molecule is CC1=C(/C=C/C(=C\C=O)C(=O)O)C(C)(C)CCC1. The number of carbonyl (C=O) groups is 2. The number of hydrogen-bond acceptors (Lipinski definition) is 2. The highest BCUT2D eigenvalue weighted by atomic mass is 16.4. The van der Waals surface area contributed by atoms with Gasteiger partial charge >= 0.3 is 5.97 Å².